The Morgan fingerprint density at radius 3 is 1.67 bits per heavy atom. The Hall–Kier alpha value is -2.38. The van der Waals surface area contributed by atoms with Gasteiger partial charge in [0, 0.05) is 0 Å². The molecule has 0 fully saturated rings. The van der Waals surface area contributed by atoms with Gasteiger partial charge in [0.15, 0.2) is 0 Å². The predicted octanol–water partition coefficient (Wildman–Crippen LogP) is 4.45. The molecule has 0 aliphatic rings. The molecule has 0 unspecified atom stereocenters. The maximum Gasteiger partial charge on any atom is 0.0711 e. The summed E-state index contributed by atoms with van der Waals surface area (Å²) in [5.74, 6) is 0. The van der Waals surface area contributed by atoms with E-state index in [0.29, 0.717) is 0 Å². The van der Waals surface area contributed by atoms with Gasteiger partial charge in [0.25, 0.3) is 0 Å². The van der Waals surface area contributed by atoms with Crippen molar-refractivity contribution in [3.05, 3.63) is 78.9 Å². The number of fused-ring (bicyclic) bond motifs is 2. The fourth-order valence-corrected chi connectivity index (χ4v) is 3.13. The van der Waals surface area contributed by atoms with Gasteiger partial charge in [-0.25, -0.2) is 0 Å². The minimum absolute atomic E-state index is 1.10. The van der Waals surface area contributed by atoms with Crippen molar-refractivity contribution >= 4 is 37.0 Å². The van der Waals surface area contributed by atoms with Crippen molar-refractivity contribution in [2.75, 3.05) is 0 Å². The lowest BCUT2D eigenvalue weighted by Gasteiger charge is -2.12. The molecule has 4 rings (SSSR count). The average Bonchev–Trinajstić information content (AvgIpc) is 2.53. The second-order valence-electron chi connectivity index (χ2n) is 5.27. The monoisotopic (exact) mass is 281 g/mol. The molecular weight excluding hydrogens is 268 g/mol. The minimum atomic E-state index is 1.10. The first-order chi connectivity index (χ1) is 10.3. The van der Waals surface area contributed by atoms with E-state index in [9.17, 15) is 0 Å². The first-order valence-corrected chi connectivity index (χ1v) is 7.55. The van der Waals surface area contributed by atoms with E-state index in [-0.39, 0.29) is 0 Å². The van der Waals surface area contributed by atoms with Gasteiger partial charge in [0.1, 0.15) is 0 Å². The lowest BCUT2D eigenvalue weighted by molar-refractivity contribution is 1.70. The zero-order valence-electron chi connectivity index (χ0n) is 11.5. The first kappa shape index (κ1) is 12.4. The van der Waals surface area contributed by atoms with E-state index in [2.05, 4.69) is 89.1 Å². The van der Waals surface area contributed by atoms with Crippen molar-refractivity contribution in [1.82, 2.24) is 0 Å². The van der Waals surface area contributed by atoms with Crippen molar-refractivity contribution in [2.24, 2.45) is 0 Å². The van der Waals surface area contributed by atoms with E-state index >= 15 is 0 Å². The Morgan fingerprint density at radius 2 is 1.10 bits per heavy atom. The second kappa shape index (κ2) is 4.87. The van der Waals surface area contributed by atoms with Crippen LogP contribution in [0.4, 0.5) is 0 Å². The number of hydrogen-bond donors (Lipinski definition) is 0. The summed E-state index contributed by atoms with van der Waals surface area (Å²) in [4.78, 5) is 0. The molecule has 4 aromatic carbocycles. The summed E-state index contributed by atoms with van der Waals surface area (Å²) in [5, 5.41) is 6.28. The average molecular weight is 281 g/mol. The third-order valence-electron chi connectivity index (χ3n) is 3.94. The molecule has 0 atom stereocenters. The zero-order valence-corrected chi connectivity index (χ0v) is 12.5. The maximum atomic E-state index is 3.57. The minimum Gasteiger partial charge on any atom is -0.0673 e. The summed E-state index contributed by atoms with van der Waals surface area (Å²) >= 11 is 0. The van der Waals surface area contributed by atoms with Crippen LogP contribution in [-0.4, -0.2) is 10.2 Å². The van der Waals surface area contributed by atoms with Gasteiger partial charge in [-0.2, -0.15) is 0 Å². The smallest absolute Gasteiger partial charge is 0.0673 e. The molecule has 1 heteroatoms. The van der Waals surface area contributed by atoms with Crippen molar-refractivity contribution in [3.8, 4) is 11.1 Å². The van der Waals surface area contributed by atoms with Gasteiger partial charge in [0.2, 0.25) is 0 Å². The highest BCUT2D eigenvalue weighted by Gasteiger charge is 2.09. The molecule has 0 bridgehead atoms. The van der Waals surface area contributed by atoms with E-state index < -0.39 is 0 Å². The second-order valence-corrected chi connectivity index (χ2v) is 5.85. The summed E-state index contributed by atoms with van der Waals surface area (Å²) < 4.78 is 0. The quantitative estimate of drug-likeness (QED) is 0.357. The van der Waals surface area contributed by atoms with Gasteiger partial charge in [-0.15, -0.1) is 0 Å². The maximum absolute atomic E-state index is 3.57. The van der Waals surface area contributed by atoms with E-state index in [1.807, 2.05) is 0 Å². The molecule has 0 aliphatic heterocycles. The van der Waals surface area contributed by atoms with Gasteiger partial charge in [-0.05, 0) is 38.7 Å². The fraction of sp³-hybridized carbons (Fsp3) is 0. The third kappa shape index (κ3) is 2.06. The van der Waals surface area contributed by atoms with E-state index in [1.165, 1.54) is 32.7 Å². The number of benzene rings is 4. The van der Waals surface area contributed by atoms with Crippen LogP contribution >= 0.6 is 0 Å². The van der Waals surface area contributed by atoms with Crippen LogP contribution in [0.5, 0.6) is 0 Å². The van der Waals surface area contributed by atoms with Crippen LogP contribution in [0.1, 0.15) is 0 Å². The standard InChI is InChI=1S/C20H13Si/c21-17-11-9-14(10-12-17)20-18-7-3-1-5-15(18)13-16-6-2-4-8-19(16)20/h1-13H. The van der Waals surface area contributed by atoms with Crippen LogP contribution in [0.15, 0.2) is 78.9 Å². The lowest BCUT2D eigenvalue weighted by Crippen LogP contribution is -1.99. The number of hydrogen-bond acceptors (Lipinski definition) is 0. The van der Waals surface area contributed by atoms with Crippen LogP contribution in [0.25, 0.3) is 32.7 Å². The van der Waals surface area contributed by atoms with E-state index in [1.54, 1.807) is 0 Å². The van der Waals surface area contributed by atoms with Crippen LogP contribution in [0.2, 0.25) is 0 Å². The van der Waals surface area contributed by atoms with Gasteiger partial charge in [-0.1, -0.05) is 78.0 Å². The van der Waals surface area contributed by atoms with Gasteiger partial charge >= 0.3 is 0 Å². The molecule has 0 amide bonds. The molecule has 3 radical (unpaired) electrons. The topological polar surface area (TPSA) is 0 Å². The van der Waals surface area contributed by atoms with Crippen molar-refractivity contribution in [3.63, 3.8) is 0 Å². The fourth-order valence-electron chi connectivity index (χ4n) is 2.96. The Balaban J connectivity index is 2.18. The molecule has 0 spiro atoms. The lowest BCUT2D eigenvalue weighted by atomic mass is 9.92. The van der Waals surface area contributed by atoms with E-state index in [0.717, 1.165) is 5.19 Å². The van der Waals surface area contributed by atoms with Gasteiger partial charge in [-0.3, -0.25) is 0 Å². The molecule has 0 N–H and O–H groups in total. The Morgan fingerprint density at radius 1 is 0.571 bits per heavy atom. The van der Waals surface area contributed by atoms with Crippen LogP contribution in [0, 0.1) is 0 Å². The first-order valence-electron chi connectivity index (χ1n) is 7.05. The highest BCUT2D eigenvalue weighted by molar-refractivity contribution is 6.32. The summed E-state index contributed by atoms with van der Waals surface area (Å²) in [5.41, 5.74) is 2.57. The molecule has 97 valence electrons. The Kier molecular flexibility index (Phi) is 2.87. The molecule has 0 nitrogen and oxygen atoms in total. The summed E-state index contributed by atoms with van der Waals surface area (Å²) in [6.45, 7) is 0. The Labute approximate surface area is 127 Å². The molecule has 0 saturated carbocycles. The highest BCUT2D eigenvalue weighted by Crippen LogP contribution is 2.35. The molecule has 0 saturated heterocycles. The van der Waals surface area contributed by atoms with Crippen molar-refractivity contribution in [2.45, 2.75) is 0 Å². The van der Waals surface area contributed by atoms with Crippen molar-refractivity contribution in [1.29, 1.82) is 0 Å². The van der Waals surface area contributed by atoms with Crippen LogP contribution < -0.4 is 5.19 Å². The Bertz CT molecular complexity index is 883. The summed E-state index contributed by atoms with van der Waals surface area (Å²) in [6.07, 6.45) is 0. The molecular formula is C20H13Si. The third-order valence-corrected chi connectivity index (χ3v) is 4.28. The summed E-state index contributed by atoms with van der Waals surface area (Å²) in [6, 6.07) is 28.0. The zero-order chi connectivity index (χ0) is 14.2. The largest absolute Gasteiger partial charge is 0.0711 e. The highest BCUT2D eigenvalue weighted by atomic mass is 28.1. The molecule has 0 aliphatic carbocycles. The van der Waals surface area contributed by atoms with Crippen LogP contribution in [0.3, 0.4) is 0 Å². The summed E-state index contributed by atoms with van der Waals surface area (Å²) in [7, 11) is 3.57. The molecule has 4 aromatic rings. The predicted molar refractivity (Wildman–Crippen MR) is 92.3 cm³/mol. The number of rotatable bonds is 1. The molecule has 0 aromatic heterocycles. The normalized spacial score (nSPS) is 11.1. The molecule has 21 heavy (non-hydrogen) atoms. The van der Waals surface area contributed by atoms with Gasteiger partial charge < -0.3 is 0 Å². The van der Waals surface area contributed by atoms with Crippen molar-refractivity contribution < 1.29 is 0 Å². The van der Waals surface area contributed by atoms with Crippen LogP contribution in [-0.2, 0) is 0 Å². The van der Waals surface area contributed by atoms with Gasteiger partial charge in [0.05, 0.1) is 10.2 Å². The van der Waals surface area contributed by atoms with E-state index in [4.69, 9.17) is 0 Å². The SMILES string of the molecule is [Si]c1ccc(-c2c3ccccc3cc3ccccc23)cc1. The molecule has 0 heterocycles.